The van der Waals surface area contributed by atoms with Crippen LogP contribution in [-0.2, 0) is 25.4 Å². The van der Waals surface area contributed by atoms with Crippen LogP contribution in [-0.4, -0.2) is 95.1 Å². The summed E-state index contributed by atoms with van der Waals surface area (Å²) in [4.78, 5) is 17.7. The smallest absolute Gasteiger partial charge is 0.227 e. The number of halogens is 2. The lowest BCUT2D eigenvalue weighted by atomic mass is 10.0. The van der Waals surface area contributed by atoms with Crippen LogP contribution in [0.25, 0.3) is 0 Å². The number of hydrogen-bond donors (Lipinski definition) is 1. The Bertz CT molecular complexity index is 966. The van der Waals surface area contributed by atoms with Gasteiger partial charge >= 0.3 is 0 Å². The summed E-state index contributed by atoms with van der Waals surface area (Å²) in [6.07, 6.45) is 2.58. The van der Waals surface area contributed by atoms with E-state index in [1.165, 1.54) is 0 Å². The Morgan fingerprint density at radius 1 is 1.05 bits per heavy atom. The highest BCUT2D eigenvalue weighted by atomic mass is 35.5. The number of nitrogens with one attached hydrogen (secondary N) is 1. The van der Waals surface area contributed by atoms with Crippen molar-refractivity contribution in [1.29, 1.82) is 0 Å². The molecule has 38 heavy (non-hydrogen) atoms. The van der Waals surface area contributed by atoms with E-state index in [0.717, 1.165) is 50.1 Å². The number of amides is 1. The molecule has 7 nitrogen and oxygen atoms in total. The standard InChI is InChI=1S/C29H41Cl2N3O4/c1-33(29(35)20-23-10-11-26(30)27(31)19-23)28(24-7-4-3-5-8-24)22-34-13-6-9-25(34)21-32-12-14-37-17-18-38-16-15-36-2/h3-5,7-8,10-11,19,25,28,32H,6,9,12-18,20-22H2,1-2H3. The number of hydrogen-bond acceptors (Lipinski definition) is 6. The summed E-state index contributed by atoms with van der Waals surface area (Å²) in [5, 5.41) is 4.50. The van der Waals surface area contributed by atoms with Gasteiger partial charge in [0.05, 0.1) is 55.5 Å². The molecule has 1 heterocycles. The SMILES string of the molecule is COCCOCCOCCNCC1CCCN1CC(c1ccccc1)N(C)C(=O)Cc1ccc(Cl)c(Cl)c1. The quantitative estimate of drug-likeness (QED) is 0.285. The maximum atomic E-state index is 13.3. The normalized spacial score (nSPS) is 16.6. The van der Waals surface area contributed by atoms with Gasteiger partial charge in [-0.05, 0) is 42.6 Å². The van der Waals surface area contributed by atoms with Crippen LogP contribution in [0.15, 0.2) is 48.5 Å². The molecular weight excluding hydrogens is 525 g/mol. The second-order valence-corrected chi connectivity index (χ2v) is 10.4. The van der Waals surface area contributed by atoms with Crippen molar-refractivity contribution in [2.24, 2.45) is 0 Å². The summed E-state index contributed by atoms with van der Waals surface area (Å²) < 4.78 is 16.0. The van der Waals surface area contributed by atoms with Crippen LogP contribution in [0.4, 0.5) is 0 Å². The van der Waals surface area contributed by atoms with Crippen LogP contribution >= 0.6 is 23.2 Å². The van der Waals surface area contributed by atoms with Crippen LogP contribution in [0.5, 0.6) is 0 Å². The second kappa shape index (κ2) is 17.1. The molecule has 3 rings (SSSR count). The highest BCUT2D eigenvalue weighted by Crippen LogP contribution is 2.27. The van der Waals surface area contributed by atoms with Crippen LogP contribution < -0.4 is 5.32 Å². The van der Waals surface area contributed by atoms with E-state index >= 15 is 0 Å². The number of nitrogens with zero attached hydrogens (tertiary/aromatic N) is 2. The summed E-state index contributed by atoms with van der Waals surface area (Å²) in [6.45, 7) is 6.53. The van der Waals surface area contributed by atoms with Gasteiger partial charge in [0.15, 0.2) is 0 Å². The Morgan fingerprint density at radius 2 is 1.79 bits per heavy atom. The molecule has 1 saturated heterocycles. The summed E-state index contributed by atoms with van der Waals surface area (Å²) in [6, 6.07) is 16.0. The number of likely N-dealkylation sites (tertiary alicyclic amines) is 1. The van der Waals surface area contributed by atoms with Gasteiger partial charge in [-0.2, -0.15) is 0 Å². The third-order valence-electron chi connectivity index (χ3n) is 6.90. The molecule has 9 heteroatoms. The van der Waals surface area contributed by atoms with Crippen molar-refractivity contribution < 1.29 is 19.0 Å². The van der Waals surface area contributed by atoms with Crippen LogP contribution in [0.3, 0.4) is 0 Å². The van der Waals surface area contributed by atoms with Gasteiger partial charge in [-0.3, -0.25) is 9.69 Å². The largest absolute Gasteiger partial charge is 0.382 e. The minimum atomic E-state index is -0.0477. The third kappa shape index (κ3) is 10.1. The summed E-state index contributed by atoms with van der Waals surface area (Å²) in [5.74, 6) is 0.0504. The molecule has 1 amide bonds. The maximum Gasteiger partial charge on any atom is 0.227 e. The zero-order chi connectivity index (χ0) is 27.2. The molecule has 0 bridgehead atoms. The number of ether oxygens (including phenoxy) is 3. The molecule has 0 aliphatic carbocycles. The number of rotatable bonds is 17. The molecule has 2 atom stereocenters. The van der Waals surface area contributed by atoms with Crippen LogP contribution in [0, 0.1) is 0 Å². The van der Waals surface area contributed by atoms with Gasteiger partial charge in [-0.15, -0.1) is 0 Å². The van der Waals surface area contributed by atoms with Crippen molar-refractivity contribution in [1.82, 2.24) is 15.1 Å². The minimum Gasteiger partial charge on any atom is -0.382 e. The molecule has 210 valence electrons. The first-order valence-electron chi connectivity index (χ1n) is 13.3. The lowest BCUT2D eigenvalue weighted by molar-refractivity contribution is -0.131. The fraction of sp³-hybridized carbons (Fsp3) is 0.552. The first-order chi connectivity index (χ1) is 18.5. The topological polar surface area (TPSA) is 63.3 Å². The zero-order valence-electron chi connectivity index (χ0n) is 22.5. The van der Waals surface area contributed by atoms with Crippen molar-refractivity contribution in [3.8, 4) is 0 Å². The number of carbonyl (C=O) groups excluding carboxylic acids is 1. The van der Waals surface area contributed by atoms with E-state index in [1.807, 2.05) is 36.2 Å². The van der Waals surface area contributed by atoms with Crippen molar-refractivity contribution in [2.45, 2.75) is 31.3 Å². The van der Waals surface area contributed by atoms with Gasteiger partial charge < -0.3 is 24.4 Å². The molecule has 1 fully saturated rings. The molecule has 0 aromatic heterocycles. The van der Waals surface area contributed by atoms with E-state index in [4.69, 9.17) is 37.4 Å². The van der Waals surface area contributed by atoms with E-state index < -0.39 is 0 Å². The van der Waals surface area contributed by atoms with Gasteiger partial charge in [0.1, 0.15) is 0 Å². The fourth-order valence-corrected chi connectivity index (χ4v) is 5.04. The highest BCUT2D eigenvalue weighted by molar-refractivity contribution is 6.42. The molecule has 0 spiro atoms. The highest BCUT2D eigenvalue weighted by Gasteiger charge is 2.30. The van der Waals surface area contributed by atoms with E-state index in [-0.39, 0.29) is 18.4 Å². The summed E-state index contributed by atoms with van der Waals surface area (Å²) >= 11 is 12.2. The molecule has 2 aromatic rings. The molecule has 1 aliphatic heterocycles. The average molecular weight is 567 g/mol. The lowest BCUT2D eigenvalue weighted by Crippen LogP contribution is -2.44. The van der Waals surface area contributed by atoms with Crippen molar-refractivity contribution >= 4 is 29.1 Å². The first kappa shape index (κ1) is 30.8. The Hall–Kier alpha value is -1.71. The molecular formula is C29H41Cl2N3O4. The number of carbonyl (C=O) groups is 1. The Kier molecular flexibility index (Phi) is 13.9. The fourth-order valence-electron chi connectivity index (χ4n) is 4.72. The predicted molar refractivity (Wildman–Crippen MR) is 153 cm³/mol. The molecule has 0 radical (unpaired) electrons. The summed E-state index contributed by atoms with van der Waals surface area (Å²) in [7, 11) is 3.56. The van der Waals surface area contributed by atoms with Crippen molar-refractivity contribution in [3.05, 3.63) is 69.7 Å². The van der Waals surface area contributed by atoms with Crippen molar-refractivity contribution in [2.75, 3.05) is 73.4 Å². The number of likely N-dealkylation sites (N-methyl/N-ethyl adjacent to an activating group) is 1. The van der Waals surface area contributed by atoms with Crippen LogP contribution in [0.1, 0.15) is 30.0 Å². The average Bonchev–Trinajstić information content (AvgIpc) is 3.37. The van der Waals surface area contributed by atoms with Crippen LogP contribution in [0.2, 0.25) is 10.0 Å². The maximum absolute atomic E-state index is 13.3. The van der Waals surface area contributed by atoms with E-state index in [2.05, 4.69) is 22.3 Å². The minimum absolute atomic E-state index is 0.0477. The zero-order valence-corrected chi connectivity index (χ0v) is 24.1. The lowest BCUT2D eigenvalue weighted by Gasteiger charge is -2.35. The second-order valence-electron chi connectivity index (χ2n) is 9.57. The van der Waals surface area contributed by atoms with Gasteiger partial charge in [0.25, 0.3) is 0 Å². The molecule has 1 aliphatic rings. The number of methoxy groups -OCH3 is 1. The molecule has 2 unspecified atom stereocenters. The Balaban J connectivity index is 1.51. The Morgan fingerprint density at radius 3 is 2.53 bits per heavy atom. The third-order valence-corrected chi connectivity index (χ3v) is 7.64. The van der Waals surface area contributed by atoms with E-state index in [9.17, 15) is 4.79 Å². The summed E-state index contributed by atoms with van der Waals surface area (Å²) in [5.41, 5.74) is 1.99. The monoisotopic (exact) mass is 565 g/mol. The Labute approximate surface area is 237 Å². The van der Waals surface area contributed by atoms with E-state index in [0.29, 0.717) is 49.1 Å². The van der Waals surface area contributed by atoms with Gasteiger partial charge in [-0.1, -0.05) is 59.6 Å². The molecule has 0 saturated carbocycles. The van der Waals surface area contributed by atoms with Crippen molar-refractivity contribution in [3.63, 3.8) is 0 Å². The van der Waals surface area contributed by atoms with Gasteiger partial charge in [0.2, 0.25) is 5.91 Å². The molecule has 1 N–H and O–H groups in total. The number of benzene rings is 2. The van der Waals surface area contributed by atoms with Gasteiger partial charge in [0, 0.05) is 39.8 Å². The van der Waals surface area contributed by atoms with E-state index in [1.54, 1.807) is 19.2 Å². The first-order valence-corrected chi connectivity index (χ1v) is 14.1. The van der Waals surface area contributed by atoms with Gasteiger partial charge in [-0.25, -0.2) is 0 Å². The predicted octanol–water partition coefficient (Wildman–Crippen LogP) is 4.47. The molecule has 2 aromatic carbocycles.